The van der Waals surface area contributed by atoms with E-state index in [1.165, 1.54) is 0 Å². The topological polar surface area (TPSA) is 67.8 Å². The summed E-state index contributed by atoms with van der Waals surface area (Å²) in [6, 6.07) is 33.3. The van der Waals surface area contributed by atoms with Crippen LogP contribution in [-0.2, 0) is 20.2 Å². The number of fused-ring (bicyclic) bond motifs is 1. The number of nitrogens with zero attached hydrogens (tertiary/aromatic N) is 1. The highest BCUT2D eigenvalue weighted by Crippen LogP contribution is 2.41. The highest BCUT2D eigenvalue weighted by molar-refractivity contribution is 7.45. The second-order valence-corrected chi connectivity index (χ2v) is 10.7. The molecule has 0 N–H and O–H groups in total. The molecule has 0 saturated heterocycles. The molecular formula is C29H32NO5P. The molecule has 188 valence electrons. The standard InChI is InChI=1S/C29H32NO5P/c1-30(2,23-35-36(31,32)34-22-24-12-5-3-6-13-24)28(26-15-7-4-8-16-26)20-21-33-29-19-11-17-25-14-9-10-18-27(25)29/h3-19,28H,20-23H2,1-2H3. The zero-order valence-electron chi connectivity index (χ0n) is 20.7. The minimum atomic E-state index is -4.48. The Morgan fingerprint density at radius 3 is 2.19 bits per heavy atom. The summed E-state index contributed by atoms with van der Waals surface area (Å²) >= 11 is 0. The van der Waals surface area contributed by atoms with Gasteiger partial charge in [0.25, 0.3) is 7.82 Å². The predicted octanol–water partition coefficient (Wildman–Crippen LogP) is 6.09. The van der Waals surface area contributed by atoms with Crippen molar-refractivity contribution in [1.82, 2.24) is 0 Å². The molecule has 0 aliphatic heterocycles. The lowest BCUT2D eigenvalue weighted by Gasteiger charge is -2.39. The van der Waals surface area contributed by atoms with Crippen LogP contribution < -0.4 is 9.63 Å². The number of phosphoric ester groups is 1. The molecule has 0 aromatic heterocycles. The van der Waals surface area contributed by atoms with Crippen LogP contribution in [0.2, 0.25) is 0 Å². The van der Waals surface area contributed by atoms with E-state index >= 15 is 0 Å². The van der Waals surface area contributed by atoms with E-state index < -0.39 is 7.82 Å². The summed E-state index contributed by atoms with van der Waals surface area (Å²) in [7, 11) is -0.581. The van der Waals surface area contributed by atoms with E-state index in [9.17, 15) is 9.46 Å². The van der Waals surface area contributed by atoms with E-state index in [0.29, 0.717) is 13.0 Å². The van der Waals surface area contributed by atoms with Gasteiger partial charge in [-0.2, -0.15) is 0 Å². The Balaban J connectivity index is 1.42. The van der Waals surface area contributed by atoms with Crippen molar-refractivity contribution in [2.75, 3.05) is 27.4 Å². The summed E-state index contributed by atoms with van der Waals surface area (Å²) in [6.07, 6.45) is 0.664. The fourth-order valence-corrected chi connectivity index (χ4v) is 5.09. The number of phosphoric acid groups is 1. The summed E-state index contributed by atoms with van der Waals surface area (Å²) in [5, 5.41) is 2.19. The van der Waals surface area contributed by atoms with E-state index in [0.717, 1.165) is 27.6 Å². The van der Waals surface area contributed by atoms with Crippen LogP contribution >= 0.6 is 7.82 Å². The molecule has 0 aliphatic carbocycles. The Morgan fingerprint density at radius 1 is 0.806 bits per heavy atom. The normalized spacial score (nSPS) is 14.3. The number of ether oxygens (including phenoxy) is 1. The van der Waals surface area contributed by atoms with Crippen molar-refractivity contribution in [3.05, 3.63) is 114 Å². The molecule has 36 heavy (non-hydrogen) atoms. The smallest absolute Gasteiger partial charge is 0.272 e. The van der Waals surface area contributed by atoms with Gasteiger partial charge in [0.2, 0.25) is 0 Å². The van der Waals surface area contributed by atoms with E-state index in [4.69, 9.17) is 13.8 Å². The fraction of sp³-hybridized carbons (Fsp3) is 0.241. The highest BCUT2D eigenvalue weighted by atomic mass is 31.2. The summed E-state index contributed by atoms with van der Waals surface area (Å²) < 4.78 is 29.4. The molecular weight excluding hydrogens is 473 g/mol. The molecule has 0 bridgehead atoms. The second kappa shape index (κ2) is 11.8. The number of hydrogen-bond donors (Lipinski definition) is 0. The third-order valence-corrected chi connectivity index (χ3v) is 7.08. The number of rotatable bonds is 12. The van der Waals surface area contributed by atoms with E-state index in [2.05, 4.69) is 18.2 Å². The van der Waals surface area contributed by atoms with Gasteiger partial charge < -0.3 is 14.2 Å². The Morgan fingerprint density at radius 2 is 1.44 bits per heavy atom. The molecule has 4 aromatic rings. The van der Waals surface area contributed by atoms with E-state index in [-0.39, 0.29) is 23.9 Å². The molecule has 7 heteroatoms. The zero-order chi connectivity index (χ0) is 25.4. The predicted molar refractivity (Wildman–Crippen MR) is 140 cm³/mol. The van der Waals surface area contributed by atoms with Crippen molar-refractivity contribution in [3.8, 4) is 5.75 Å². The van der Waals surface area contributed by atoms with Crippen molar-refractivity contribution in [3.63, 3.8) is 0 Å². The average Bonchev–Trinajstić information content (AvgIpc) is 2.90. The third kappa shape index (κ3) is 7.03. The lowest BCUT2D eigenvalue weighted by molar-refractivity contribution is -0.936. The Hall–Kier alpha value is -2.99. The summed E-state index contributed by atoms with van der Waals surface area (Å²) in [6.45, 7) is 0.341. The van der Waals surface area contributed by atoms with Crippen LogP contribution in [0.1, 0.15) is 23.6 Å². The Labute approximate surface area is 212 Å². The largest absolute Gasteiger partial charge is 0.756 e. The maximum atomic E-state index is 12.5. The van der Waals surface area contributed by atoms with Crippen LogP contribution in [0.15, 0.2) is 103 Å². The van der Waals surface area contributed by atoms with Crippen LogP contribution in [0.3, 0.4) is 0 Å². The van der Waals surface area contributed by atoms with Gasteiger partial charge in [0.15, 0.2) is 6.73 Å². The van der Waals surface area contributed by atoms with E-state index in [1.807, 2.05) is 86.9 Å². The number of benzene rings is 4. The zero-order valence-corrected chi connectivity index (χ0v) is 21.6. The van der Waals surface area contributed by atoms with Gasteiger partial charge in [-0.25, -0.2) is 0 Å². The van der Waals surface area contributed by atoms with Gasteiger partial charge in [-0.05, 0) is 17.0 Å². The van der Waals surface area contributed by atoms with E-state index in [1.54, 1.807) is 12.1 Å². The van der Waals surface area contributed by atoms with Gasteiger partial charge in [-0.15, -0.1) is 0 Å². The van der Waals surface area contributed by atoms with Crippen molar-refractivity contribution < 1.29 is 27.7 Å². The lowest BCUT2D eigenvalue weighted by atomic mass is 10.0. The monoisotopic (exact) mass is 505 g/mol. The van der Waals surface area contributed by atoms with Crippen LogP contribution in [0.4, 0.5) is 0 Å². The molecule has 4 rings (SSSR count). The Kier molecular flexibility index (Phi) is 8.57. The van der Waals surface area contributed by atoms with Gasteiger partial charge >= 0.3 is 0 Å². The fourth-order valence-electron chi connectivity index (χ4n) is 4.27. The molecule has 0 aliphatic rings. The summed E-state index contributed by atoms with van der Waals surface area (Å²) in [4.78, 5) is 12.5. The molecule has 0 fully saturated rings. The molecule has 4 aromatic carbocycles. The molecule has 0 heterocycles. The molecule has 0 spiro atoms. The van der Waals surface area contributed by atoms with Crippen LogP contribution in [0.25, 0.3) is 10.8 Å². The van der Waals surface area contributed by atoms with Crippen molar-refractivity contribution in [1.29, 1.82) is 0 Å². The quantitative estimate of drug-likeness (QED) is 0.133. The summed E-state index contributed by atoms with van der Waals surface area (Å²) in [5.41, 5.74) is 1.84. The lowest BCUT2D eigenvalue weighted by Crippen LogP contribution is -2.45. The first-order chi connectivity index (χ1) is 17.3. The molecule has 0 radical (unpaired) electrons. The molecule has 0 saturated carbocycles. The average molecular weight is 506 g/mol. The maximum absolute atomic E-state index is 12.5. The molecule has 6 nitrogen and oxygen atoms in total. The van der Waals surface area contributed by atoms with Gasteiger partial charge in [-0.3, -0.25) is 13.6 Å². The van der Waals surface area contributed by atoms with Gasteiger partial charge in [0.05, 0.1) is 27.3 Å². The molecule has 0 amide bonds. The first kappa shape index (κ1) is 26.1. The number of hydrogen-bond acceptors (Lipinski definition) is 5. The minimum absolute atomic E-state index is 0.0595. The number of quaternary nitrogens is 1. The SMILES string of the molecule is C[N+](C)(COP(=O)([O-])OCc1ccccc1)C(CCOc1cccc2ccccc12)c1ccccc1. The van der Waals surface area contributed by atoms with Crippen molar-refractivity contribution in [2.24, 2.45) is 0 Å². The van der Waals surface area contributed by atoms with Crippen LogP contribution in [0.5, 0.6) is 5.75 Å². The highest BCUT2D eigenvalue weighted by Gasteiger charge is 2.31. The summed E-state index contributed by atoms with van der Waals surface area (Å²) in [5.74, 6) is 0.833. The second-order valence-electron chi connectivity index (χ2n) is 9.28. The molecule has 2 unspecified atom stereocenters. The Bertz CT molecular complexity index is 1290. The van der Waals surface area contributed by atoms with Crippen molar-refractivity contribution >= 4 is 18.6 Å². The minimum Gasteiger partial charge on any atom is -0.756 e. The van der Waals surface area contributed by atoms with Gasteiger partial charge in [0.1, 0.15) is 11.8 Å². The molecule has 2 atom stereocenters. The van der Waals surface area contributed by atoms with Crippen molar-refractivity contribution in [2.45, 2.75) is 19.1 Å². The maximum Gasteiger partial charge on any atom is 0.272 e. The van der Waals surface area contributed by atoms with Crippen LogP contribution in [-0.4, -0.2) is 31.9 Å². The first-order valence-corrected chi connectivity index (χ1v) is 13.4. The third-order valence-electron chi connectivity index (χ3n) is 6.21. The van der Waals surface area contributed by atoms with Gasteiger partial charge in [0, 0.05) is 17.4 Å². The first-order valence-electron chi connectivity index (χ1n) is 12.0. The van der Waals surface area contributed by atoms with Crippen LogP contribution in [0, 0.1) is 0 Å². The van der Waals surface area contributed by atoms with Gasteiger partial charge in [-0.1, -0.05) is 97.1 Å².